The van der Waals surface area contributed by atoms with E-state index in [0.717, 1.165) is 37.6 Å². The van der Waals surface area contributed by atoms with Crippen LogP contribution < -0.4 is 10.7 Å². The van der Waals surface area contributed by atoms with Gasteiger partial charge in [0.15, 0.2) is 0 Å². The van der Waals surface area contributed by atoms with Crippen LogP contribution in [0.2, 0.25) is 5.02 Å². The van der Waals surface area contributed by atoms with E-state index in [2.05, 4.69) is 15.6 Å². The van der Waals surface area contributed by atoms with Crippen molar-refractivity contribution in [1.82, 2.24) is 20.8 Å². The Labute approximate surface area is 165 Å². The smallest absolute Gasteiger partial charge is 0.251 e. The molecule has 1 aromatic rings. The van der Waals surface area contributed by atoms with Gasteiger partial charge in [-0.2, -0.15) is 0 Å². The van der Waals surface area contributed by atoms with Gasteiger partial charge < -0.3 is 10.2 Å². The molecule has 0 unspecified atom stereocenters. The molecule has 8 heteroatoms. The number of amides is 1. The number of carbonyl (C=O) groups is 1. The molecular formula is C19H30ClFN4O2. The molecule has 1 fully saturated rings. The normalized spacial score (nSPS) is 16.7. The second-order valence-electron chi connectivity index (χ2n) is 8.04. The van der Waals surface area contributed by atoms with Crippen molar-refractivity contribution in [1.29, 1.82) is 0 Å². The summed E-state index contributed by atoms with van der Waals surface area (Å²) in [6.07, 6.45) is 1.98. The van der Waals surface area contributed by atoms with Gasteiger partial charge in [0.1, 0.15) is 5.82 Å². The molecule has 1 aromatic carbocycles. The average Bonchev–Trinajstić information content (AvgIpc) is 2.59. The molecule has 0 saturated carbocycles. The number of hydrazine groups is 1. The maximum absolute atomic E-state index is 13.3. The number of hydrogen-bond donors (Lipinski definition) is 3. The first-order valence-electron chi connectivity index (χ1n) is 9.34. The molecule has 27 heavy (non-hydrogen) atoms. The van der Waals surface area contributed by atoms with Gasteiger partial charge in [0.25, 0.3) is 5.91 Å². The number of piperidine rings is 1. The number of likely N-dealkylation sites (tertiary alicyclic amines) is 1. The Balaban J connectivity index is 1.66. The quantitative estimate of drug-likeness (QED) is 0.614. The van der Waals surface area contributed by atoms with Crippen LogP contribution in [-0.2, 0) is 0 Å². The molecular weight excluding hydrogens is 371 g/mol. The zero-order valence-corrected chi connectivity index (χ0v) is 17.0. The highest BCUT2D eigenvalue weighted by Crippen LogP contribution is 2.17. The van der Waals surface area contributed by atoms with Crippen LogP contribution in [0.4, 0.5) is 4.39 Å². The number of nitrogens with one attached hydrogen (secondary N) is 2. The highest BCUT2D eigenvalue weighted by atomic mass is 35.5. The molecule has 0 radical (unpaired) electrons. The van der Waals surface area contributed by atoms with Crippen LogP contribution in [0.3, 0.4) is 0 Å². The van der Waals surface area contributed by atoms with E-state index in [1.165, 1.54) is 18.2 Å². The Hall–Kier alpha value is -1.25. The SMILES string of the molecule is CC(C)(C)N(O)NCCN1CCC(CNC(=O)c2cc(F)cc(Cl)c2)CC1. The topological polar surface area (TPSA) is 67.8 Å². The van der Waals surface area contributed by atoms with Crippen molar-refractivity contribution in [3.63, 3.8) is 0 Å². The van der Waals surface area contributed by atoms with Crippen LogP contribution in [0, 0.1) is 11.7 Å². The van der Waals surface area contributed by atoms with Crippen molar-refractivity contribution >= 4 is 17.5 Å². The van der Waals surface area contributed by atoms with Crippen LogP contribution in [0.25, 0.3) is 0 Å². The predicted molar refractivity (Wildman–Crippen MR) is 104 cm³/mol. The van der Waals surface area contributed by atoms with Crippen molar-refractivity contribution in [2.24, 2.45) is 5.92 Å². The Morgan fingerprint density at radius 1 is 1.33 bits per heavy atom. The molecule has 0 bridgehead atoms. The third-order valence-electron chi connectivity index (χ3n) is 4.71. The molecule has 1 saturated heterocycles. The number of carbonyl (C=O) groups excluding carboxylic acids is 1. The standard InChI is InChI=1S/C19H30ClFN4O2/c1-19(2,3)25(27)23-6-9-24-7-4-14(5-8-24)13-22-18(26)15-10-16(20)12-17(21)11-15/h10-12,14,23,27H,4-9,13H2,1-3H3,(H,22,26). The van der Waals surface area contributed by atoms with Gasteiger partial charge in [-0.3, -0.25) is 10.0 Å². The fraction of sp³-hybridized carbons (Fsp3) is 0.632. The predicted octanol–water partition coefficient (Wildman–Crippen LogP) is 2.92. The zero-order chi connectivity index (χ0) is 20.0. The Kier molecular flexibility index (Phi) is 8.00. The lowest BCUT2D eigenvalue weighted by Gasteiger charge is -2.34. The summed E-state index contributed by atoms with van der Waals surface area (Å²) in [7, 11) is 0. The minimum Gasteiger partial charge on any atom is -0.352 e. The van der Waals surface area contributed by atoms with E-state index in [1.54, 1.807) is 0 Å². The first-order valence-corrected chi connectivity index (χ1v) is 9.72. The first-order chi connectivity index (χ1) is 12.6. The maximum Gasteiger partial charge on any atom is 0.251 e. The summed E-state index contributed by atoms with van der Waals surface area (Å²) in [6, 6.07) is 3.84. The lowest BCUT2D eigenvalue weighted by Crippen LogP contribution is -2.50. The number of benzene rings is 1. The lowest BCUT2D eigenvalue weighted by atomic mass is 9.96. The van der Waals surface area contributed by atoms with E-state index in [1.807, 2.05) is 20.8 Å². The fourth-order valence-electron chi connectivity index (χ4n) is 2.99. The lowest BCUT2D eigenvalue weighted by molar-refractivity contribution is -0.197. The van der Waals surface area contributed by atoms with Crippen molar-refractivity contribution in [2.75, 3.05) is 32.7 Å². The van der Waals surface area contributed by atoms with Crippen molar-refractivity contribution in [3.05, 3.63) is 34.6 Å². The van der Waals surface area contributed by atoms with Crippen LogP contribution in [0.15, 0.2) is 18.2 Å². The van der Waals surface area contributed by atoms with E-state index < -0.39 is 5.82 Å². The number of hydroxylamine groups is 1. The molecule has 6 nitrogen and oxygen atoms in total. The van der Waals surface area contributed by atoms with Gasteiger partial charge in [-0.15, -0.1) is 5.17 Å². The van der Waals surface area contributed by atoms with Crippen molar-refractivity contribution in [3.8, 4) is 0 Å². The molecule has 0 aliphatic carbocycles. The highest BCUT2D eigenvalue weighted by Gasteiger charge is 2.22. The highest BCUT2D eigenvalue weighted by molar-refractivity contribution is 6.31. The largest absolute Gasteiger partial charge is 0.352 e. The minimum absolute atomic E-state index is 0.218. The Morgan fingerprint density at radius 3 is 2.59 bits per heavy atom. The monoisotopic (exact) mass is 400 g/mol. The fourth-order valence-corrected chi connectivity index (χ4v) is 3.21. The minimum atomic E-state index is -0.512. The molecule has 0 aromatic heterocycles. The molecule has 3 N–H and O–H groups in total. The number of hydrogen-bond acceptors (Lipinski definition) is 5. The molecule has 152 valence electrons. The maximum atomic E-state index is 13.3. The van der Waals surface area contributed by atoms with E-state index >= 15 is 0 Å². The Bertz CT molecular complexity index is 610. The van der Waals surface area contributed by atoms with Gasteiger partial charge in [-0.25, -0.2) is 9.82 Å². The van der Waals surface area contributed by atoms with E-state index in [-0.39, 0.29) is 22.0 Å². The van der Waals surface area contributed by atoms with Crippen LogP contribution in [-0.4, -0.2) is 59.4 Å². The second-order valence-corrected chi connectivity index (χ2v) is 8.48. The summed E-state index contributed by atoms with van der Waals surface area (Å²) < 4.78 is 13.3. The third kappa shape index (κ3) is 7.35. The van der Waals surface area contributed by atoms with Crippen molar-refractivity contribution < 1.29 is 14.4 Å². The van der Waals surface area contributed by atoms with E-state index in [4.69, 9.17) is 11.6 Å². The summed E-state index contributed by atoms with van der Waals surface area (Å²) in [5, 5.41) is 14.1. The molecule has 0 atom stereocenters. The zero-order valence-electron chi connectivity index (χ0n) is 16.3. The molecule has 1 aliphatic rings. The van der Waals surface area contributed by atoms with Gasteiger partial charge in [0.2, 0.25) is 0 Å². The number of nitrogens with zero attached hydrogens (tertiary/aromatic N) is 2. The average molecular weight is 401 g/mol. The van der Waals surface area contributed by atoms with Crippen molar-refractivity contribution in [2.45, 2.75) is 39.2 Å². The van der Waals surface area contributed by atoms with Gasteiger partial charge in [0, 0.05) is 30.2 Å². The van der Waals surface area contributed by atoms with Gasteiger partial charge in [0.05, 0.1) is 5.54 Å². The summed E-state index contributed by atoms with van der Waals surface area (Å²) in [6.45, 7) is 9.80. The Morgan fingerprint density at radius 2 is 2.00 bits per heavy atom. The molecule has 1 aliphatic heterocycles. The number of halogens is 2. The molecule has 2 rings (SSSR count). The molecule has 0 spiro atoms. The van der Waals surface area contributed by atoms with Crippen LogP contribution in [0.5, 0.6) is 0 Å². The van der Waals surface area contributed by atoms with Gasteiger partial charge >= 0.3 is 0 Å². The molecule has 1 heterocycles. The second kappa shape index (κ2) is 9.80. The van der Waals surface area contributed by atoms with Crippen LogP contribution in [0.1, 0.15) is 44.0 Å². The van der Waals surface area contributed by atoms with E-state index in [9.17, 15) is 14.4 Å². The first kappa shape index (κ1) is 22.0. The summed E-state index contributed by atoms with van der Waals surface area (Å²) in [5.41, 5.74) is 2.91. The summed E-state index contributed by atoms with van der Waals surface area (Å²) in [4.78, 5) is 14.5. The number of rotatable bonds is 7. The third-order valence-corrected chi connectivity index (χ3v) is 4.93. The summed E-state index contributed by atoms with van der Waals surface area (Å²) >= 11 is 5.80. The molecule has 1 amide bonds. The van der Waals surface area contributed by atoms with Crippen LogP contribution >= 0.6 is 11.6 Å². The van der Waals surface area contributed by atoms with Gasteiger partial charge in [-0.1, -0.05) is 11.6 Å². The van der Waals surface area contributed by atoms with Gasteiger partial charge in [-0.05, 0) is 70.8 Å². The summed E-state index contributed by atoms with van der Waals surface area (Å²) in [5.74, 6) is -0.401. The van der Waals surface area contributed by atoms with E-state index in [0.29, 0.717) is 19.0 Å².